The normalized spacial score (nSPS) is 21.1. The SMILES string of the molecule is COCC(=O)NC[C@H]1CCN(Cc2ccc(C#N)cc2)C[C@H]1N(C)C. The molecule has 0 spiro atoms. The van der Waals surface area contributed by atoms with Gasteiger partial charge < -0.3 is 15.0 Å². The minimum Gasteiger partial charge on any atom is -0.375 e. The van der Waals surface area contributed by atoms with Gasteiger partial charge in [-0.05, 0) is 50.7 Å². The summed E-state index contributed by atoms with van der Waals surface area (Å²) in [6, 6.07) is 10.4. The molecule has 1 aromatic carbocycles. The van der Waals surface area contributed by atoms with Gasteiger partial charge in [0, 0.05) is 32.8 Å². The first-order valence-electron chi connectivity index (χ1n) is 8.67. The first-order chi connectivity index (χ1) is 12.0. The fourth-order valence-electron chi connectivity index (χ4n) is 3.38. The van der Waals surface area contributed by atoms with E-state index in [2.05, 4.69) is 35.3 Å². The molecule has 1 amide bonds. The Morgan fingerprint density at radius 1 is 1.40 bits per heavy atom. The molecule has 0 aliphatic carbocycles. The van der Waals surface area contributed by atoms with E-state index in [0.717, 1.165) is 26.1 Å². The van der Waals surface area contributed by atoms with Crippen LogP contribution in [0.15, 0.2) is 24.3 Å². The zero-order valence-electron chi connectivity index (χ0n) is 15.4. The van der Waals surface area contributed by atoms with Gasteiger partial charge in [-0.25, -0.2) is 0 Å². The molecule has 2 atom stereocenters. The second-order valence-electron chi connectivity index (χ2n) is 6.86. The maximum Gasteiger partial charge on any atom is 0.245 e. The number of hydrogen-bond acceptors (Lipinski definition) is 5. The summed E-state index contributed by atoms with van der Waals surface area (Å²) in [6.07, 6.45) is 1.05. The molecule has 0 unspecified atom stereocenters. The molecule has 0 radical (unpaired) electrons. The van der Waals surface area contributed by atoms with Crippen LogP contribution in [0.2, 0.25) is 0 Å². The van der Waals surface area contributed by atoms with Crippen LogP contribution in [-0.4, -0.2) is 69.2 Å². The summed E-state index contributed by atoms with van der Waals surface area (Å²) in [6.45, 7) is 3.67. The second kappa shape index (κ2) is 9.52. The number of nitriles is 1. The molecule has 0 aromatic heterocycles. The van der Waals surface area contributed by atoms with E-state index >= 15 is 0 Å². The van der Waals surface area contributed by atoms with Crippen molar-refractivity contribution in [2.24, 2.45) is 5.92 Å². The lowest BCUT2D eigenvalue weighted by atomic mass is 9.90. The first kappa shape index (κ1) is 19.4. The summed E-state index contributed by atoms with van der Waals surface area (Å²) in [7, 11) is 5.73. The Kier molecular flexibility index (Phi) is 7.38. The van der Waals surface area contributed by atoms with Gasteiger partial charge >= 0.3 is 0 Å². The number of nitrogens with zero attached hydrogens (tertiary/aromatic N) is 3. The lowest BCUT2D eigenvalue weighted by Crippen LogP contribution is -2.53. The number of rotatable bonds is 7. The molecule has 2 rings (SSSR count). The summed E-state index contributed by atoms with van der Waals surface area (Å²) in [5, 5.41) is 11.9. The van der Waals surface area contributed by atoms with Crippen LogP contribution in [0.4, 0.5) is 0 Å². The van der Waals surface area contributed by atoms with E-state index in [9.17, 15) is 4.79 Å². The summed E-state index contributed by atoms with van der Waals surface area (Å²) in [5.41, 5.74) is 1.92. The van der Waals surface area contributed by atoms with Crippen molar-refractivity contribution in [2.45, 2.75) is 19.0 Å². The number of nitrogens with one attached hydrogen (secondary N) is 1. The third-order valence-electron chi connectivity index (χ3n) is 4.79. The molecule has 1 aliphatic rings. The van der Waals surface area contributed by atoms with E-state index in [4.69, 9.17) is 10.00 Å². The molecule has 1 saturated heterocycles. The molecule has 0 bridgehead atoms. The largest absolute Gasteiger partial charge is 0.375 e. The van der Waals surface area contributed by atoms with Crippen LogP contribution in [0.25, 0.3) is 0 Å². The summed E-state index contributed by atoms with van der Waals surface area (Å²) >= 11 is 0. The second-order valence-corrected chi connectivity index (χ2v) is 6.86. The number of amides is 1. The van der Waals surface area contributed by atoms with E-state index in [1.807, 2.05) is 24.3 Å². The van der Waals surface area contributed by atoms with Crippen molar-refractivity contribution < 1.29 is 9.53 Å². The topological polar surface area (TPSA) is 68.6 Å². The van der Waals surface area contributed by atoms with Crippen molar-refractivity contribution in [3.8, 4) is 6.07 Å². The highest BCUT2D eigenvalue weighted by atomic mass is 16.5. The zero-order valence-corrected chi connectivity index (χ0v) is 15.4. The van der Waals surface area contributed by atoms with Crippen LogP contribution >= 0.6 is 0 Å². The molecule has 25 heavy (non-hydrogen) atoms. The van der Waals surface area contributed by atoms with Crippen molar-refractivity contribution in [3.05, 3.63) is 35.4 Å². The first-order valence-corrected chi connectivity index (χ1v) is 8.67. The number of piperidine rings is 1. The van der Waals surface area contributed by atoms with E-state index in [0.29, 0.717) is 24.1 Å². The van der Waals surface area contributed by atoms with Crippen LogP contribution in [0.5, 0.6) is 0 Å². The molecular weight excluding hydrogens is 316 g/mol. The highest BCUT2D eigenvalue weighted by Crippen LogP contribution is 2.22. The van der Waals surface area contributed by atoms with Gasteiger partial charge in [0.15, 0.2) is 0 Å². The Labute approximate surface area is 150 Å². The number of hydrogen-bond donors (Lipinski definition) is 1. The minimum atomic E-state index is -0.0555. The van der Waals surface area contributed by atoms with E-state index in [-0.39, 0.29) is 12.5 Å². The quantitative estimate of drug-likeness (QED) is 0.801. The molecule has 1 aliphatic heterocycles. The van der Waals surface area contributed by atoms with Crippen molar-refractivity contribution in [1.29, 1.82) is 5.26 Å². The fourth-order valence-corrected chi connectivity index (χ4v) is 3.38. The van der Waals surface area contributed by atoms with Gasteiger partial charge in [-0.2, -0.15) is 5.26 Å². The Balaban J connectivity index is 1.91. The van der Waals surface area contributed by atoms with Crippen molar-refractivity contribution >= 4 is 5.91 Å². The van der Waals surface area contributed by atoms with Crippen molar-refractivity contribution in [1.82, 2.24) is 15.1 Å². The van der Waals surface area contributed by atoms with Gasteiger partial charge in [0.25, 0.3) is 0 Å². The molecule has 1 fully saturated rings. The number of likely N-dealkylation sites (tertiary alicyclic amines) is 1. The van der Waals surface area contributed by atoms with Crippen LogP contribution < -0.4 is 5.32 Å². The number of likely N-dealkylation sites (N-methyl/N-ethyl adjacent to an activating group) is 1. The molecule has 6 nitrogen and oxygen atoms in total. The Bertz CT molecular complexity index is 594. The van der Waals surface area contributed by atoms with E-state index in [1.165, 1.54) is 12.7 Å². The van der Waals surface area contributed by atoms with Crippen LogP contribution in [-0.2, 0) is 16.1 Å². The number of carbonyl (C=O) groups excluding carboxylic acids is 1. The number of benzene rings is 1. The molecule has 1 N–H and O–H groups in total. The predicted molar refractivity (Wildman–Crippen MR) is 96.9 cm³/mol. The van der Waals surface area contributed by atoms with Crippen LogP contribution in [0.3, 0.4) is 0 Å². The lowest BCUT2D eigenvalue weighted by Gasteiger charge is -2.42. The molecule has 6 heteroatoms. The number of methoxy groups -OCH3 is 1. The van der Waals surface area contributed by atoms with Gasteiger partial charge in [0.1, 0.15) is 6.61 Å². The highest BCUT2D eigenvalue weighted by molar-refractivity contribution is 5.77. The predicted octanol–water partition coefficient (Wildman–Crippen LogP) is 1.07. The maximum absolute atomic E-state index is 11.6. The van der Waals surface area contributed by atoms with Gasteiger partial charge in [-0.3, -0.25) is 9.69 Å². The molecule has 1 heterocycles. The molecule has 0 saturated carbocycles. The summed E-state index contributed by atoms with van der Waals surface area (Å²) in [5.74, 6) is 0.382. The molecular formula is C19H28N4O2. The minimum absolute atomic E-state index is 0.0555. The highest BCUT2D eigenvalue weighted by Gasteiger charge is 2.30. The Hall–Kier alpha value is -1.94. The van der Waals surface area contributed by atoms with Gasteiger partial charge in [0.05, 0.1) is 11.6 Å². The molecule has 1 aromatic rings. The van der Waals surface area contributed by atoms with Gasteiger partial charge in [-0.15, -0.1) is 0 Å². The van der Waals surface area contributed by atoms with Crippen molar-refractivity contribution in [2.75, 3.05) is 47.4 Å². The van der Waals surface area contributed by atoms with Gasteiger partial charge in [-0.1, -0.05) is 12.1 Å². The standard InChI is InChI=1S/C19H28N4O2/c1-22(2)18-13-23(12-16-6-4-15(10-20)5-7-16)9-8-17(18)11-21-19(24)14-25-3/h4-7,17-18H,8-9,11-14H2,1-3H3,(H,21,24)/t17-,18-/m1/s1. The average Bonchev–Trinajstić information content (AvgIpc) is 2.61. The third kappa shape index (κ3) is 5.82. The summed E-state index contributed by atoms with van der Waals surface area (Å²) in [4.78, 5) is 16.3. The Morgan fingerprint density at radius 3 is 2.72 bits per heavy atom. The smallest absolute Gasteiger partial charge is 0.245 e. The maximum atomic E-state index is 11.6. The molecule has 136 valence electrons. The zero-order chi connectivity index (χ0) is 18.2. The lowest BCUT2D eigenvalue weighted by molar-refractivity contribution is -0.125. The van der Waals surface area contributed by atoms with Crippen LogP contribution in [0, 0.1) is 17.2 Å². The van der Waals surface area contributed by atoms with Crippen molar-refractivity contribution in [3.63, 3.8) is 0 Å². The van der Waals surface area contributed by atoms with E-state index in [1.54, 1.807) is 0 Å². The number of ether oxygens (including phenoxy) is 1. The third-order valence-corrected chi connectivity index (χ3v) is 4.79. The monoisotopic (exact) mass is 344 g/mol. The average molecular weight is 344 g/mol. The Morgan fingerprint density at radius 2 is 2.12 bits per heavy atom. The van der Waals surface area contributed by atoms with Crippen LogP contribution in [0.1, 0.15) is 17.5 Å². The van der Waals surface area contributed by atoms with Gasteiger partial charge in [0.2, 0.25) is 5.91 Å². The fraction of sp³-hybridized carbons (Fsp3) is 0.579. The summed E-state index contributed by atoms with van der Waals surface area (Å²) < 4.78 is 4.87. The van der Waals surface area contributed by atoms with E-state index < -0.39 is 0 Å². The number of carbonyl (C=O) groups is 1.